The van der Waals surface area contributed by atoms with E-state index in [0.717, 1.165) is 23.2 Å². The summed E-state index contributed by atoms with van der Waals surface area (Å²) in [6.45, 7) is 2.08. The minimum Gasteiger partial charge on any atom is -0.265 e. The second kappa shape index (κ2) is 6.36. The van der Waals surface area contributed by atoms with Crippen molar-refractivity contribution in [3.8, 4) is 11.3 Å². The number of hydrogen-bond acceptors (Lipinski definition) is 3. The molecule has 4 nitrogen and oxygen atoms in total. The molecule has 2 heterocycles. The Kier molecular flexibility index (Phi) is 4.29. The molecule has 112 valence electrons. The lowest BCUT2D eigenvalue weighted by Gasteiger charge is -2.16. The van der Waals surface area contributed by atoms with Gasteiger partial charge in [-0.2, -0.15) is 5.10 Å². The molecule has 0 aliphatic heterocycles. The van der Waals surface area contributed by atoms with Crippen molar-refractivity contribution in [2.24, 2.45) is 0 Å². The predicted octanol–water partition coefficient (Wildman–Crippen LogP) is 4.24. The third-order valence-corrected chi connectivity index (χ3v) is 3.85. The average Bonchev–Trinajstić information content (AvgIpc) is 3.00. The summed E-state index contributed by atoms with van der Waals surface area (Å²) in [4.78, 5) is 8.49. The fourth-order valence-electron chi connectivity index (χ4n) is 2.38. The summed E-state index contributed by atoms with van der Waals surface area (Å²) >= 11 is 3.32. The molecular formula is C16H14BrFN4. The Morgan fingerprint density at radius 3 is 2.64 bits per heavy atom. The standard InChI is InChI=1S/C16H14BrFN4/c1-2-15(11-3-5-13(18)6-4-11)22-10-12(7-20-22)14-8-19-9-16(17)21-14/h3-10,15H,2H2,1H3. The molecule has 2 aromatic heterocycles. The van der Waals surface area contributed by atoms with Gasteiger partial charge in [-0.25, -0.2) is 9.37 Å². The van der Waals surface area contributed by atoms with Crippen LogP contribution in [0.3, 0.4) is 0 Å². The molecule has 0 amide bonds. The van der Waals surface area contributed by atoms with Crippen LogP contribution in [0.1, 0.15) is 24.9 Å². The molecule has 0 fully saturated rings. The van der Waals surface area contributed by atoms with Crippen molar-refractivity contribution >= 4 is 15.9 Å². The van der Waals surface area contributed by atoms with Crippen molar-refractivity contribution in [3.63, 3.8) is 0 Å². The van der Waals surface area contributed by atoms with E-state index in [-0.39, 0.29) is 11.9 Å². The molecule has 0 aliphatic rings. The van der Waals surface area contributed by atoms with Gasteiger partial charge in [0, 0.05) is 11.8 Å². The van der Waals surface area contributed by atoms with Gasteiger partial charge < -0.3 is 0 Å². The summed E-state index contributed by atoms with van der Waals surface area (Å²) in [5.41, 5.74) is 2.68. The van der Waals surface area contributed by atoms with E-state index in [9.17, 15) is 4.39 Å². The molecule has 22 heavy (non-hydrogen) atoms. The zero-order valence-corrected chi connectivity index (χ0v) is 13.5. The Bertz CT molecular complexity index is 770. The molecular weight excluding hydrogens is 347 g/mol. The molecule has 0 saturated carbocycles. The smallest absolute Gasteiger partial charge is 0.125 e. The number of hydrogen-bond donors (Lipinski definition) is 0. The lowest BCUT2D eigenvalue weighted by molar-refractivity contribution is 0.508. The van der Waals surface area contributed by atoms with Crippen LogP contribution < -0.4 is 0 Å². The number of nitrogens with zero attached hydrogens (tertiary/aromatic N) is 4. The van der Waals surface area contributed by atoms with Crippen LogP contribution in [0.2, 0.25) is 0 Å². The Labute approximate surface area is 136 Å². The summed E-state index contributed by atoms with van der Waals surface area (Å²) in [5, 5.41) is 4.43. The minimum atomic E-state index is -0.232. The summed E-state index contributed by atoms with van der Waals surface area (Å²) in [7, 11) is 0. The van der Waals surface area contributed by atoms with Crippen LogP contribution in [-0.4, -0.2) is 19.7 Å². The van der Waals surface area contributed by atoms with Crippen molar-refractivity contribution in [3.05, 3.63) is 65.0 Å². The van der Waals surface area contributed by atoms with Crippen molar-refractivity contribution in [1.29, 1.82) is 0 Å². The van der Waals surface area contributed by atoms with Crippen molar-refractivity contribution in [2.45, 2.75) is 19.4 Å². The van der Waals surface area contributed by atoms with Gasteiger partial charge in [-0.05, 0) is 40.0 Å². The molecule has 0 radical (unpaired) electrons. The fourth-order valence-corrected chi connectivity index (χ4v) is 2.69. The normalized spacial score (nSPS) is 12.3. The van der Waals surface area contributed by atoms with Gasteiger partial charge >= 0.3 is 0 Å². The first kappa shape index (κ1) is 14.8. The van der Waals surface area contributed by atoms with Gasteiger partial charge in [0.15, 0.2) is 0 Å². The van der Waals surface area contributed by atoms with Crippen LogP contribution in [0.4, 0.5) is 4.39 Å². The van der Waals surface area contributed by atoms with Gasteiger partial charge in [0.25, 0.3) is 0 Å². The molecule has 0 N–H and O–H groups in total. The van der Waals surface area contributed by atoms with Crippen LogP contribution >= 0.6 is 15.9 Å². The number of halogens is 2. The largest absolute Gasteiger partial charge is 0.265 e. The molecule has 3 rings (SSSR count). The van der Waals surface area contributed by atoms with Crippen LogP contribution in [0.15, 0.2) is 53.7 Å². The predicted molar refractivity (Wildman–Crippen MR) is 85.8 cm³/mol. The van der Waals surface area contributed by atoms with E-state index in [1.807, 2.05) is 10.9 Å². The van der Waals surface area contributed by atoms with Gasteiger partial charge in [-0.1, -0.05) is 19.1 Å². The van der Waals surface area contributed by atoms with E-state index in [2.05, 4.69) is 37.9 Å². The minimum absolute atomic E-state index is 0.0643. The highest BCUT2D eigenvalue weighted by Crippen LogP contribution is 2.24. The Morgan fingerprint density at radius 2 is 1.95 bits per heavy atom. The SMILES string of the molecule is CCC(c1ccc(F)cc1)n1cc(-c2cncc(Br)n2)cn1. The molecule has 1 aromatic carbocycles. The number of rotatable bonds is 4. The molecule has 0 spiro atoms. The number of benzene rings is 1. The maximum atomic E-state index is 13.1. The van der Waals surface area contributed by atoms with Gasteiger partial charge in [-0.15, -0.1) is 0 Å². The van der Waals surface area contributed by atoms with Gasteiger partial charge in [-0.3, -0.25) is 9.67 Å². The second-order valence-electron chi connectivity index (χ2n) is 4.91. The fraction of sp³-hybridized carbons (Fsp3) is 0.188. The molecule has 1 unspecified atom stereocenters. The van der Waals surface area contributed by atoms with Crippen LogP contribution in [0.25, 0.3) is 11.3 Å². The van der Waals surface area contributed by atoms with Gasteiger partial charge in [0.05, 0.1) is 30.3 Å². The quantitative estimate of drug-likeness (QED) is 0.698. The maximum Gasteiger partial charge on any atom is 0.125 e. The van der Waals surface area contributed by atoms with Crippen molar-refractivity contribution < 1.29 is 4.39 Å². The van der Waals surface area contributed by atoms with E-state index in [4.69, 9.17) is 0 Å². The second-order valence-corrected chi connectivity index (χ2v) is 5.72. The lowest BCUT2D eigenvalue weighted by Crippen LogP contribution is -2.10. The zero-order chi connectivity index (χ0) is 15.5. The highest BCUT2D eigenvalue weighted by atomic mass is 79.9. The summed E-state index contributed by atoms with van der Waals surface area (Å²) in [5.74, 6) is -0.232. The van der Waals surface area contributed by atoms with E-state index < -0.39 is 0 Å². The lowest BCUT2D eigenvalue weighted by atomic mass is 10.0. The zero-order valence-electron chi connectivity index (χ0n) is 11.9. The van der Waals surface area contributed by atoms with Gasteiger partial charge in [0.2, 0.25) is 0 Å². The summed E-state index contributed by atoms with van der Waals surface area (Å²) in [6.07, 6.45) is 7.90. The topological polar surface area (TPSA) is 43.6 Å². The van der Waals surface area contributed by atoms with Crippen LogP contribution in [-0.2, 0) is 0 Å². The van der Waals surface area contributed by atoms with Gasteiger partial charge in [0.1, 0.15) is 10.4 Å². The maximum absolute atomic E-state index is 13.1. The summed E-state index contributed by atoms with van der Waals surface area (Å²) < 4.78 is 15.6. The Balaban J connectivity index is 1.93. The van der Waals surface area contributed by atoms with Crippen molar-refractivity contribution in [1.82, 2.24) is 19.7 Å². The molecule has 0 saturated heterocycles. The van der Waals surface area contributed by atoms with E-state index in [1.54, 1.807) is 30.7 Å². The third kappa shape index (κ3) is 3.06. The van der Waals surface area contributed by atoms with Crippen LogP contribution in [0.5, 0.6) is 0 Å². The first-order chi connectivity index (χ1) is 10.7. The summed E-state index contributed by atoms with van der Waals surface area (Å²) in [6, 6.07) is 6.60. The first-order valence-corrected chi connectivity index (χ1v) is 7.74. The third-order valence-electron chi connectivity index (χ3n) is 3.46. The first-order valence-electron chi connectivity index (χ1n) is 6.95. The molecule has 1 atom stereocenters. The van der Waals surface area contributed by atoms with E-state index in [1.165, 1.54) is 12.1 Å². The molecule has 0 aliphatic carbocycles. The number of aromatic nitrogens is 4. The Hall–Kier alpha value is -2.08. The molecule has 3 aromatic rings. The highest BCUT2D eigenvalue weighted by molar-refractivity contribution is 9.10. The van der Waals surface area contributed by atoms with E-state index >= 15 is 0 Å². The van der Waals surface area contributed by atoms with Crippen molar-refractivity contribution in [2.75, 3.05) is 0 Å². The molecule has 6 heteroatoms. The Morgan fingerprint density at radius 1 is 1.18 bits per heavy atom. The highest BCUT2D eigenvalue weighted by Gasteiger charge is 2.14. The van der Waals surface area contributed by atoms with E-state index in [0.29, 0.717) is 4.60 Å². The van der Waals surface area contributed by atoms with Crippen LogP contribution in [0, 0.1) is 5.82 Å². The molecule has 0 bridgehead atoms. The average molecular weight is 361 g/mol. The monoisotopic (exact) mass is 360 g/mol.